The highest BCUT2D eigenvalue weighted by Crippen LogP contribution is 2.18. The number of benzene rings is 2. The molecule has 1 amide bonds. The number of para-hydroxylation sites is 1. The molecule has 0 bridgehead atoms. The molecule has 4 rings (SSSR count). The molecule has 0 fully saturated rings. The summed E-state index contributed by atoms with van der Waals surface area (Å²) < 4.78 is 20.8. The van der Waals surface area contributed by atoms with Crippen molar-refractivity contribution in [2.24, 2.45) is 0 Å². The SMILES string of the molecule is COc1ccccc1CNC(=O)c1cc2cccnc2n(Cc2ccccc2F)c1=O. The van der Waals surface area contributed by atoms with Gasteiger partial charge >= 0.3 is 0 Å². The minimum Gasteiger partial charge on any atom is -0.496 e. The smallest absolute Gasteiger partial charge is 0.265 e. The number of ether oxygens (including phenoxy) is 1. The molecule has 4 aromatic rings. The fourth-order valence-corrected chi connectivity index (χ4v) is 3.43. The Labute approximate surface area is 177 Å². The standard InChI is InChI=1S/C24H20FN3O3/c1-31-21-11-5-3-7-17(21)14-27-23(29)19-13-16-9-6-12-26-22(16)28(24(19)30)15-18-8-2-4-10-20(18)25/h2-13H,14-15H2,1H3,(H,27,29). The molecule has 7 heteroatoms. The summed E-state index contributed by atoms with van der Waals surface area (Å²) in [6, 6.07) is 18.5. The fraction of sp³-hybridized carbons (Fsp3) is 0.125. The summed E-state index contributed by atoms with van der Waals surface area (Å²) in [5.74, 6) is -0.309. The van der Waals surface area contributed by atoms with E-state index in [0.29, 0.717) is 22.3 Å². The minimum atomic E-state index is -0.535. The first-order valence-corrected chi connectivity index (χ1v) is 9.70. The number of hydrogen-bond acceptors (Lipinski definition) is 4. The van der Waals surface area contributed by atoms with Gasteiger partial charge in [-0.25, -0.2) is 9.37 Å². The zero-order valence-corrected chi connectivity index (χ0v) is 16.8. The number of amides is 1. The van der Waals surface area contributed by atoms with Crippen molar-refractivity contribution in [2.75, 3.05) is 7.11 Å². The molecular formula is C24H20FN3O3. The van der Waals surface area contributed by atoms with Crippen LogP contribution in [0.3, 0.4) is 0 Å². The summed E-state index contributed by atoms with van der Waals surface area (Å²) in [6.07, 6.45) is 1.56. The average molecular weight is 417 g/mol. The highest BCUT2D eigenvalue weighted by Gasteiger charge is 2.17. The Balaban J connectivity index is 1.71. The molecular weight excluding hydrogens is 397 g/mol. The summed E-state index contributed by atoms with van der Waals surface area (Å²) in [7, 11) is 1.55. The van der Waals surface area contributed by atoms with Gasteiger partial charge in [0.05, 0.1) is 13.7 Å². The predicted octanol–water partition coefficient (Wildman–Crippen LogP) is 3.52. The molecule has 0 saturated carbocycles. The highest BCUT2D eigenvalue weighted by atomic mass is 19.1. The summed E-state index contributed by atoms with van der Waals surface area (Å²) in [5, 5.41) is 3.38. The Bertz CT molecular complexity index is 1320. The second-order valence-corrected chi connectivity index (χ2v) is 6.95. The highest BCUT2D eigenvalue weighted by molar-refractivity contribution is 5.96. The summed E-state index contributed by atoms with van der Waals surface area (Å²) in [6.45, 7) is 0.160. The summed E-state index contributed by atoms with van der Waals surface area (Å²) >= 11 is 0. The van der Waals surface area contributed by atoms with Crippen LogP contribution in [0.2, 0.25) is 0 Å². The van der Waals surface area contributed by atoms with Gasteiger partial charge in [-0.05, 0) is 30.3 Å². The lowest BCUT2D eigenvalue weighted by molar-refractivity contribution is 0.0949. The van der Waals surface area contributed by atoms with Crippen LogP contribution in [-0.2, 0) is 13.1 Å². The van der Waals surface area contributed by atoms with Gasteiger partial charge in [0.25, 0.3) is 11.5 Å². The predicted molar refractivity (Wildman–Crippen MR) is 116 cm³/mol. The van der Waals surface area contributed by atoms with Crippen molar-refractivity contribution in [3.05, 3.63) is 106 Å². The van der Waals surface area contributed by atoms with E-state index in [1.165, 1.54) is 16.7 Å². The topological polar surface area (TPSA) is 73.2 Å². The third kappa shape index (κ3) is 4.16. The second-order valence-electron chi connectivity index (χ2n) is 6.95. The monoisotopic (exact) mass is 417 g/mol. The van der Waals surface area contributed by atoms with Gasteiger partial charge in [-0.3, -0.25) is 14.2 Å². The Morgan fingerprint density at radius 1 is 1.06 bits per heavy atom. The lowest BCUT2D eigenvalue weighted by Crippen LogP contribution is -2.33. The third-order valence-electron chi connectivity index (χ3n) is 5.01. The third-order valence-corrected chi connectivity index (χ3v) is 5.01. The lowest BCUT2D eigenvalue weighted by atomic mass is 10.1. The molecule has 2 aromatic heterocycles. The van der Waals surface area contributed by atoms with Gasteiger partial charge in [-0.15, -0.1) is 0 Å². The first-order valence-electron chi connectivity index (χ1n) is 9.70. The quantitative estimate of drug-likeness (QED) is 0.521. The van der Waals surface area contributed by atoms with Crippen molar-refractivity contribution in [2.45, 2.75) is 13.1 Å². The van der Waals surface area contributed by atoms with Crippen molar-refractivity contribution in [3.63, 3.8) is 0 Å². The first-order chi connectivity index (χ1) is 15.1. The first kappa shape index (κ1) is 20.3. The molecule has 31 heavy (non-hydrogen) atoms. The molecule has 0 spiro atoms. The van der Waals surface area contributed by atoms with Crippen LogP contribution in [0.1, 0.15) is 21.5 Å². The Morgan fingerprint density at radius 2 is 1.81 bits per heavy atom. The molecule has 0 aliphatic heterocycles. The maximum Gasteiger partial charge on any atom is 0.265 e. The maximum absolute atomic E-state index is 14.2. The number of hydrogen-bond donors (Lipinski definition) is 1. The van der Waals surface area contributed by atoms with Crippen LogP contribution in [0.15, 0.2) is 77.7 Å². The van der Waals surface area contributed by atoms with E-state index < -0.39 is 17.3 Å². The normalized spacial score (nSPS) is 10.8. The van der Waals surface area contributed by atoms with Crippen molar-refractivity contribution in [1.82, 2.24) is 14.9 Å². The van der Waals surface area contributed by atoms with E-state index in [1.54, 1.807) is 49.7 Å². The van der Waals surface area contributed by atoms with Crippen LogP contribution in [0.5, 0.6) is 5.75 Å². The van der Waals surface area contributed by atoms with Crippen molar-refractivity contribution in [3.8, 4) is 5.75 Å². The van der Waals surface area contributed by atoms with E-state index in [2.05, 4.69) is 10.3 Å². The maximum atomic E-state index is 14.2. The Morgan fingerprint density at radius 3 is 2.58 bits per heavy atom. The summed E-state index contributed by atoms with van der Waals surface area (Å²) in [4.78, 5) is 30.4. The fourth-order valence-electron chi connectivity index (χ4n) is 3.43. The average Bonchev–Trinajstić information content (AvgIpc) is 2.80. The lowest BCUT2D eigenvalue weighted by Gasteiger charge is -2.13. The van der Waals surface area contributed by atoms with Gasteiger partial charge in [0.2, 0.25) is 0 Å². The van der Waals surface area contributed by atoms with Crippen LogP contribution in [0, 0.1) is 5.82 Å². The molecule has 0 radical (unpaired) electrons. The van der Waals surface area contributed by atoms with E-state index in [9.17, 15) is 14.0 Å². The molecule has 0 saturated heterocycles. The zero-order valence-electron chi connectivity index (χ0n) is 16.8. The van der Waals surface area contributed by atoms with Gasteiger partial charge in [0.15, 0.2) is 0 Å². The molecule has 6 nitrogen and oxygen atoms in total. The van der Waals surface area contributed by atoms with Crippen LogP contribution in [-0.4, -0.2) is 22.6 Å². The molecule has 0 aliphatic rings. The van der Waals surface area contributed by atoms with Crippen LogP contribution in [0.4, 0.5) is 4.39 Å². The van der Waals surface area contributed by atoms with Gasteiger partial charge in [-0.1, -0.05) is 36.4 Å². The number of fused-ring (bicyclic) bond motifs is 1. The number of methoxy groups -OCH3 is 1. The van der Waals surface area contributed by atoms with Gasteiger partial charge < -0.3 is 10.1 Å². The van der Waals surface area contributed by atoms with Crippen molar-refractivity contribution >= 4 is 16.9 Å². The van der Waals surface area contributed by atoms with E-state index in [0.717, 1.165) is 5.56 Å². The zero-order chi connectivity index (χ0) is 21.8. The Hall–Kier alpha value is -4.00. The number of nitrogens with zero attached hydrogens (tertiary/aromatic N) is 2. The number of nitrogens with one attached hydrogen (secondary N) is 1. The van der Waals surface area contributed by atoms with Crippen molar-refractivity contribution in [1.29, 1.82) is 0 Å². The Kier molecular flexibility index (Phi) is 5.75. The van der Waals surface area contributed by atoms with Crippen LogP contribution in [0.25, 0.3) is 11.0 Å². The van der Waals surface area contributed by atoms with Crippen molar-refractivity contribution < 1.29 is 13.9 Å². The van der Waals surface area contributed by atoms with Gasteiger partial charge in [-0.2, -0.15) is 0 Å². The molecule has 2 heterocycles. The number of pyridine rings is 2. The number of rotatable bonds is 6. The molecule has 2 aromatic carbocycles. The number of carbonyl (C=O) groups is 1. The minimum absolute atomic E-state index is 0.0351. The van der Waals surface area contributed by atoms with E-state index in [1.807, 2.05) is 18.2 Å². The number of halogens is 1. The van der Waals surface area contributed by atoms with Gasteiger partial charge in [0, 0.05) is 29.3 Å². The molecule has 0 atom stereocenters. The van der Waals surface area contributed by atoms with E-state index in [-0.39, 0.29) is 18.7 Å². The molecule has 1 N–H and O–H groups in total. The van der Waals surface area contributed by atoms with Crippen LogP contribution >= 0.6 is 0 Å². The summed E-state index contributed by atoms with van der Waals surface area (Å²) in [5.41, 5.74) is 0.936. The number of carbonyl (C=O) groups excluding carboxylic acids is 1. The number of aromatic nitrogens is 2. The van der Waals surface area contributed by atoms with Crippen LogP contribution < -0.4 is 15.6 Å². The molecule has 156 valence electrons. The van der Waals surface area contributed by atoms with Gasteiger partial charge in [0.1, 0.15) is 22.8 Å². The molecule has 0 unspecified atom stereocenters. The second kappa shape index (κ2) is 8.79. The largest absolute Gasteiger partial charge is 0.496 e. The molecule has 0 aliphatic carbocycles. The van der Waals surface area contributed by atoms with E-state index in [4.69, 9.17) is 4.74 Å². The van der Waals surface area contributed by atoms with E-state index >= 15 is 0 Å².